The first-order chi connectivity index (χ1) is 13.9. The van der Waals surface area contributed by atoms with Crippen LogP contribution in [0.5, 0.6) is 0 Å². The molecule has 4 unspecified atom stereocenters. The minimum atomic E-state index is -1.13. The molecule has 1 aromatic heterocycles. The van der Waals surface area contributed by atoms with Crippen LogP contribution in [-0.4, -0.2) is 64.1 Å². The summed E-state index contributed by atoms with van der Waals surface area (Å²) in [5.74, 6) is -0.803. The Balaban J connectivity index is 1.89. The largest absolute Gasteiger partial charge is 0.391 e. The van der Waals surface area contributed by atoms with Crippen LogP contribution in [0.15, 0.2) is 30.5 Å². The fourth-order valence-electron chi connectivity index (χ4n) is 3.43. The zero-order valence-electron chi connectivity index (χ0n) is 16.4. The standard InChI is InChI=1S/C20H26N4O4S/c1-11(25)17-20(28)22-15(7-8-29-2)18(26)23-16(19(27)24-17)9-12-10-21-14-6-4-3-5-13(12)14/h3-6,10-11,15-17,21,25H,7-9H2,1-2H3,(H,22,28)(H,23,26)(H,24,27). The molecule has 0 bridgehead atoms. The quantitative estimate of drug-likeness (QED) is 0.462. The van der Waals surface area contributed by atoms with Crippen LogP contribution >= 0.6 is 11.8 Å². The van der Waals surface area contributed by atoms with E-state index in [1.807, 2.05) is 36.7 Å². The summed E-state index contributed by atoms with van der Waals surface area (Å²) in [6.45, 7) is 1.43. The van der Waals surface area contributed by atoms with Crippen molar-refractivity contribution < 1.29 is 19.5 Å². The molecular weight excluding hydrogens is 392 g/mol. The van der Waals surface area contributed by atoms with Crippen LogP contribution in [0.1, 0.15) is 18.9 Å². The summed E-state index contributed by atoms with van der Waals surface area (Å²) in [7, 11) is 0. The van der Waals surface area contributed by atoms with E-state index in [0.29, 0.717) is 12.2 Å². The number of rotatable bonds is 6. The molecule has 8 nitrogen and oxygen atoms in total. The lowest BCUT2D eigenvalue weighted by Gasteiger charge is -2.22. The number of fused-ring (bicyclic) bond motifs is 1. The van der Waals surface area contributed by atoms with E-state index in [0.717, 1.165) is 16.5 Å². The van der Waals surface area contributed by atoms with Crippen molar-refractivity contribution >= 4 is 40.4 Å². The Hall–Kier alpha value is -2.52. The average molecular weight is 419 g/mol. The first-order valence-electron chi connectivity index (χ1n) is 9.53. The highest BCUT2D eigenvalue weighted by molar-refractivity contribution is 7.98. The van der Waals surface area contributed by atoms with Crippen molar-refractivity contribution in [2.24, 2.45) is 0 Å². The topological polar surface area (TPSA) is 123 Å². The molecule has 0 radical (unpaired) electrons. The Kier molecular flexibility index (Phi) is 6.81. The van der Waals surface area contributed by atoms with E-state index in [-0.39, 0.29) is 6.42 Å². The SMILES string of the molecule is CSCCC1NC(=O)C(C(C)O)NC(=O)C(Cc2c[nH]c3ccccc23)NC1=O. The number of aliphatic hydroxyl groups excluding tert-OH is 1. The number of aromatic nitrogens is 1. The van der Waals surface area contributed by atoms with Gasteiger partial charge in [-0.25, -0.2) is 0 Å². The van der Waals surface area contributed by atoms with E-state index in [2.05, 4.69) is 20.9 Å². The van der Waals surface area contributed by atoms with Gasteiger partial charge in [-0.3, -0.25) is 14.4 Å². The molecule has 9 heteroatoms. The van der Waals surface area contributed by atoms with Crippen molar-refractivity contribution in [3.8, 4) is 0 Å². The molecule has 2 heterocycles. The summed E-state index contributed by atoms with van der Waals surface area (Å²) in [6, 6.07) is 4.94. The molecule has 2 aromatic rings. The van der Waals surface area contributed by atoms with Crippen molar-refractivity contribution in [1.82, 2.24) is 20.9 Å². The molecule has 1 aliphatic rings. The second-order valence-corrected chi connectivity index (χ2v) is 8.18. The fourth-order valence-corrected chi connectivity index (χ4v) is 3.90. The van der Waals surface area contributed by atoms with Gasteiger partial charge in [0.1, 0.15) is 18.1 Å². The summed E-state index contributed by atoms with van der Waals surface area (Å²) in [6.07, 6.45) is 3.33. The van der Waals surface area contributed by atoms with Gasteiger partial charge in [-0.2, -0.15) is 11.8 Å². The number of thioether (sulfide) groups is 1. The normalized spacial score (nSPS) is 24.1. The monoisotopic (exact) mass is 418 g/mol. The third kappa shape index (κ3) is 4.91. The lowest BCUT2D eigenvalue weighted by atomic mass is 10.0. The third-order valence-corrected chi connectivity index (χ3v) is 5.68. The second-order valence-electron chi connectivity index (χ2n) is 7.19. The Morgan fingerprint density at radius 2 is 1.72 bits per heavy atom. The van der Waals surface area contributed by atoms with Crippen molar-refractivity contribution in [3.05, 3.63) is 36.0 Å². The third-order valence-electron chi connectivity index (χ3n) is 5.04. The summed E-state index contributed by atoms with van der Waals surface area (Å²) in [5, 5.41) is 19.0. The lowest BCUT2D eigenvalue weighted by Crippen LogP contribution is -2.55. The van der Waals surface area contributed by atoms with Crippen molar-refractivity contribution in [2.75, 3.05) is 12.0 Å². The number of amides is 3. The molecular formula is C20H26N4O4S. The minimum absolute atomic E-state index is 0.261. The molecule has 1 saturated heterocycles. The average Bonchev–Trinajstić information content (AvgIpc) is 3.11. The molecule has 29 heavy (non-hydrogen) atoms. The highest BCUT2D eigenvalue weighted by atomic mass is 32.2. The maximum atomic E-state index is 12.9. The van der Waals surface area contributed by atoms with Gasteiger partial charge < -0.3 is 26.0 Å². The summed E-state index contributed by atoms with van der Waals surface area (Å²) < 4.78 is 0. The number of hydrogen-bond acceptors (Lipinski definition) is 5. The molecule has 3 amide bonds. The molecule has 1 aromatic carbocycles. The number of hydrogen-bond donors (Lipinski definition) is 5. The first-order valence-corrected chi connectivity index (χ1v) is 10.9. The van der Waals surface area contributed by atoms with Crippen LogP contribution in [0, 0.1) is 0 Å². The number of carbonyl (C=O) groups is 3. The van der Waals surface area contributed by atoms with Crippen LogP contribution in [0.3, 0.4) is 0 Å². The first kappa shape index (κ1) is 21.2. The number of carbonyl (C=O) groups excluding carboxylic acids is 3. The van der Waals surface area contributed by atoms with Gasteiger partial charge in [0.2, 0.25) is 17.7 Å². The van der Waals surface area contributed by atoms with E-state index in [1.165, 1.54) is 6.92 Å². The Labute approximate surface area is 173 Å². The zero-order valence-corrected chi connectivity index (χ0v) is 17.2. The molecule has 0 saturated carbocycles. The number of para-hydroxylation sites is 1. The van der Waals surface area contributed by atoms with Gasteiger partial charge in [-0.05, 0) is 37.0 Å². The Morgan fingerprint density at radius 3 is 2.45 bits per heavy atom. The molecule has 0 spiro atoms. The zero-order chi connectivity index (χ0) is 21.0. The molecule has 4 atom stereocenters. The molecule has 0 aliphatic carbocycles. The summed E-state index contributed by atoms with van der Waals surface area (Å²) in [4.78, 5) is 41.4. The van der Waals surface area contributed by atoms with Crippen LogP contribution < -0.4 is 16.0 Å². The number of nitrogens with one attached hydrogen (secondary N) is 4. The number of aliphatic hydroxyl groups is 1. The van der Waals surface area contributed by atoms with Crippen LogP contribution in [0.4, 0.5) is 0 Å². The fraction of sp³-hybridized carbons (Fsp3) is 0.450. The molecule has 1 fully saturated rings. The maximum absolute atomic E-state index is 12.9. The van der Waals surface area contributed by atoms with Gasteiger partial charge in [-0.15, -0.1) is 0 Å². The van der Waals surface area contributed by atoms with Gasteiger partial charge >= 0.3 is 0 Å². The molecule has 156 valence electrons. The van der Waals surface area contributed by atoms with Crippen LogP contribution in [0.25, 0.3) is 10.9 Å². The summed E-state index contributed by atoms with van der Waals surface area (Å²) >= 11 is 1.56. The number of H-pyrrole nitrogens is 1. The lowest BCUT2D eigenvalue weighted by molar-refractivity contribution is -0.132. The van der Waals surface area contributed by atoms with Gasteiger partial charge in [0, 0.05) is 23.5 Å². The van der Waals surface area contributed by atoms with E-state index in [1.54, 1.807) is 11.8 Å². The van der Waals surface area contributed by atoms with E-state index in [9.17, 15) is 19.5 Å². The van der Waals surface area contributed by atoms with Gasteiger partial charge in [0.25, 0.3) is 0 Å². The maximum Gasteiger partial charge on any atom is 0.245 e. The van der Waals surface area contributed by atoms with Crippen LogP contribution in [0.2, 0.25) is 0 Å². The van der Waals surface area contributed by atoms with Gasteiger partial charge in [0.15, 0.2) is 0 Å². The van der Waals surface area contributed by atoms with Crippen LogP contribution in [-0.2, 0) is 20.8 Å². The molecule has 3 rings (SSSR count). The van der Waals surface area contributed by atoms with E-state index < -0.39 is 42.0 Å². The highest BCUT2D eigenvalue weighted by Crippen LogP contribution is 2.19. The predicted molar refractivity (Wildman–Crippen MR) is 112 cm³/mol. The Bertz CT molecular complexity index is 897. The summed E-state index contributed by atoms with van der Waals surface area (Å²) in [5.41, 5.74) is 1.82. The van der Waals surface area contributed by atoms with E-state index in [4.69, 9.17) is 0 Å². The predicted octanol–water partition coefficient (Wildman–Crippen LogP) is 0.312. The van der Waals surface area contributed by atoms with Gasteiger partial charge in [-0.1, -0.05) is 18.2 Å². The molecule has 5 N–H and O–H groups in total. The Morgan fingerprint density at radius 1 is 1.03 bits per heavy atom. The van der Waals surface area contributed by atoms with Crippen molar-refractivity contribution in [1.29, 1.82) is 0 Å². The van der Waals surface area contributed by atoms with E-state index >= 15 is 0 Å². The minimum Gasteiger partial charge on any atom is -0.391 e. The smallest absolute Gasteiger partial charge is 0.245 e. The highest BCUT2D eigenvalue weighted by Gasteiger charge is 2.35. The number of benzene rings is 1. The molecule has 1 aliphatic heterocycles. The number of aromatic amines is 1. The van der Waals surface area contributed by atoms with Crippen molar-refractivity contribution in [2.45, 2.75) is 44.0 Å². The van der Waals surface area contributed by atoms with Crippen molar-refractivity contribution in [3.63, 3.8) is 0 Å². The second kappa shape index (κ2) is 9.32. The van der Waals surface area contributed by atoms with Gasteiger partial charge in [0.05, 0.1) is 6.10 Å².